The van der Waals surface area contributed by atoms with E-state index in [2.05, 4.69) is 4.72 Å². The topological polar surface area (TPSA) is 66.4 Å². The zero-order valence-corrected chi connectivity index (χ0v) is 12.5. The highest BCUT2D eigenvalue weighted by molar-refractivity contribution is 7.84. The fourth-order valence-corrected chi connectivity index (χ4v) is 3.19. The van der Waals surface area contributed by atoms with Crippen LogP contribution in [0.15, 0.2) is 18.2 Å². The maximum absolute atomic E-state index is 14.0. The monoisotopic (exact) mass is 299 g/mol. The van der Waals surface area contributed by atoms with E-state index in [0.717, 1.165) is 0 Å². The lowest BCUT2D eigenvalue weighted by Gasteiger charge is -2.24. The Balaban J connectivity index is 2.38. The lowest BCUT2D eigenvalue weighted by molar-refractivity contribution is -0.142. The number of rotatable bonds is 3. The zero-order valence-electron chi connectivity index (χ0n) is 11.6. The molecule has 1 aliphatic carbocycles. The van der Waals surface area contributed by atoms with Gasteiger partial charge in [0, 0.05) is 5.56 Å². The van der Waals surface area contributed by atoms with Gasteiger partial charge in [-0.05, 0) is 38.8 Å². The van der Waals surface area contributed by atoms with Gasteiger partial charge in [-0.2, -0.15) is 0 Å². The fourth-order valence-electron chi connectivity index (χ4n) is 2.33. The molecule has 1 aliphatic rings. The molecule has 20 heavy (non-hydrogen) atoms. The van der Waals surface area contributed by atoms with Crippen molar-refractivity contribution in [1.82, 2.24) is 4.72 Å². The molecule has 0 radical (unpaired) electrons. The molecule has 110 valence electrons. The summed E-state index contributed by atoms with van der Waals surface area (Å²) in [6.45, 7) is 5.34. The van der Waals surface area contributed by atoms with Crippen LogP contribution >= 0.6 is 0 Å². The predicted molar refractivity (Wildman–Crippen MR) is 75.0 cm³/mol. The van der Waals surface area contributed by atoms with Crippen LogP contribution in [-0.2, 0) is 22.2 Å². The van der Waals surface area contributed by atoms with E-state index in [4.69, 9.17) is 0 Å². The SMILES string of the molecule is CC(C)(C)S(=O)N[C@@H]1c2c(F)cccc2C[C@H]1C(=O)O. The normalized spacial score (nSPS) is 23.4. The molecule has 1 aromatic rings. The Labute approximate surface area is 120 Å². The molecular formula is C14H18FNO3S. The van der Waals surface area contributed by atoms with Crippen LogP contribution in [0.2, 0.25) is 0 Å². The first-order valence-electron chi connectivity index (χ1n) is 6.40. The van der Waals surface area contributed by atoms with Crippen molar-refractivity contribution in [3.63, 3.8) is 0 Å². The number of hydrogen-bond acceptors (Lipinski definition) is 2. The second kappa shape index (κ2) is 5.26. The number of nitrogens with one attached hydrogen (secondary N) is 1. The van der Waals surface area contributed by atoms with Gasteiger partial charge in [0.2, 0.25) is 0 Å². The molecule has 4 nitrogen and oxygen atoms in total. The molecule has 0 fully saturated rings. The minimum atomic E-state index is -1.46. The molecule has 0 aromatic heterocycles. The molecule has 0 saturated carbocycles. The molecule has 3 atom stereocenters. The number of halogens is 1. The van der Waals surface area contributed by atoms with Crippen LogP contribution in [0, 0.1) is 11.7 Å². The predicted octanol–water partition coefficient (Wildman–Crippen LogP) is 2.18. The van der Waals surface area contributed by atoms with Crippen molar-refractivity contribution in [1.29, 1.82) is 0 Å². The molecule has 0 spiro atoms. The number of carboxylic acids is 1. The van der Waals surface area contributed by atoms with E-state index in [-0.39, 0.29) is 6.42 Å². The summed E-state index contributed by atoms with van der Waals surface area (Å²) in [5.74, 6) is -2.26. The average Bonchev–Trinajstić information content (AvgIpc) is 2.68. The van der Waals surface area contributed by atoms with Crippen molar-refractivity contribution in [2.75, 3.05) is 0 Å². The maximum Gasteiger partial charge on any atom is 0.308 e. The number of carboxylic acid groups (broad SMARTS) is 1. The van der Waals surface area contributed by atoms with Gasteiger partial charge in [0.05, 0.1) is 27.7 Å². The van der Waals surface area contributed by atoms with Crippen molar-refractivity contribution < 1.29 is 18.5 Å². The molecule has 1 unspecified atom stereocenters. The lowest BCUT2D eigenvalue weighted by Crippen LogP contribution is -2.39. The molecule has 2 rings (SSSR count). The minimum Gasteiger partial charge on any atom is -0.481 e. The van der Waals surface area contributed by atoms with Crippen molar-refractivity contribution >= 4 is 17.0 Å². The fraction of sp³-hybridized carbons (Fsp3) is 0.500. The highest BCUT2D eigenvalue weighted by Gasteiger charge is 2.41. The van der Waals surface area contributed by atoms with Crippen molar-refractivity contribution in [2.24, 2.45) is 5.92 Å². The summed E-state index contributed by atoms with van der Waals surface area (Å²) in [6.07, 6.45) is 0.251. The third-order valence-corrected chi connectivity index (χ3v) is 4.98. The van der Waals surface area contributed by atoms with E-state index >= 15 is 0 Å². The van der Waals surface area contributed by atoms with E-state index < -0.39 is 39.5 Å². The van der Waals surface area contributed by atoms with Crippen LogP contribution < -0.4 is 4.72 Å². The third kappa shape index (κ3) is 2.76. The Morgan fingerprint density at radius 2 is 2.10 bits per heavy atom. The van der Waals surface area contributed by atoms with Gasteiger partial charge in [-0.25, -0.2) is 13.3 Å². The first kappa shape index (κ1) is 15.1. The van der Waals surface area contributed by atoms with E-state index in [9.17, 15) is 18.5 Å². The van der Waals surface area contributed by atoms with Gasteiger partial charge in [0.15, 0.2) is 0 Å². The van der Waals surface area contributed by atoms with Gasteiger partial charge in [-0.1, -0.05) is 12.1 Å². The molecule has 0 aliphatic heterocycles. The van der Waals surface area contributed by atoms with E-state index in [1.54, 1.807) is 32.9 Å². The maximum atomic E-state index is 14.0. The summed E-state index contributed by atoms with van der Waals surface area (Å²) in [4.78, 5) is 11.4. The number of aliphatic carboxylic acids is 1. The Morgan fingerprint density at radius 1 is 1.45 bits per heavy atom. The summed E-state index contributed by atoms with van der Waals surface area (Å²) in [5, 5.41) is 9.30. The highest BCUT2D eigenvalue weighted by Crippen LogP contribution is 2.38. The third-order valence-electron chi connectivity index (χ3n) is 3.40. The summed E-state index contributed by atoms with van der Waals surface area (Å²) >= 11 is 0. The summed E-state index contributed by atoms with van der Waals surface area (Å²) < 4.78 is 28.4. The first-order chi connectivity index (χ1) is 9.21. The largest absolute Gasteiger partial charge is 0.481 e. The quantitative estimate of drug-likeness (QED) is 0.899. The van der Waals surface area contributed by atoms with Crippen molar-refractivity contribution in [3.05, 3.63) is 35.1 Å². The molecule has 2 N–H and O–H groups in total. The van der Waals surface area contributed by atoms with Crippen LogP contribution in [0.5, 0.6) is 0 Å². The second-order valence-corrected chi connectivity index (χ2v) is 7.94. The Morgan fingerprint density at radius 3 is 2.65 bits per heavy atom. The van der Waals surface area contributed by atoms with Gasteiger partial charge < -0.3 is 5.11 Å². The summed E-state index contributed by atoms with van der Waals surface area (Å²) in [5.41, 5.74) is 0.998. The zero-order chi connectivity index (χ0) is 15.1. The Hall–Kier alpha value is -1.27. The Kier molecular flexibility index (Phi) is 3.97. The van der Waals surface area contributed by atoms with Gasteiger partial charge in [-0.15, -0.1) is 0 Å². The summed E-state index contributed by atoms with van der Waals surface area (Å²) in [6, 6.07) is 3.83. The van der Waals surface area contributed by atoms with Crippen molar-refractivity contribution in [2.45, 2.75) is 38.0 Å². The Bertz CT molecular complexity index is 568. The number of benzene rings is 1. The number of hydrogen-bond donors (Lipinski definition) is 2. The van der Waals surface area contributed by atoms with Crippen LogP contribution in [0.1, 0.15) is 37.9 Å². The number of fused-ring (bicyclic) bond motifs is 1. The smallest absolute Gasteiger partial charge is 0.308 e. The second-order valence-electron chi connectivity index (χ2n) is 5.94. The standard InChI is InChI=1S/C14H18FNO3S/c1-14(2,3)20(19)16-12-9(13(17)18)7-8-5-4-6-10(15)11(8)12/h4-6,9,12,16H,7H2,1-3H3,(H,17,18)/t9-,12+,20?/m1/s1. The van der Waals surface area contributed by atoms with E-state index in [1.807, 2.05) is 0 Å². The van der Waals surface area contributed by atoms with Crippen molar-refractivity contribution in [3.8, 4) is 0 Å². The first-order valence-corrected chi connectivity index (χ1v) is 7.55. The van der Waals surface area contributed by atoms with Crippen LogP contribution in [0.3, 0.4) is 0 Å². The van der Waals surface area contributed by atoms with Gasteiger partial charge in [0.25, 0.3) is 0 Å². The number of carbonyl (C=O) groups is 1. The van der Waals surface area contributed by atoms with E-state index in [1.165, 1.54) is 6.07 Å². The molecule has 0 saturated heterocycles. The molecular weight excluding hydrogens is 281 g/mol. The molecule has 6 heteroatoms. The van der Waals surface area contributed by atoms with E-state index in [0.29, 0.717) is 11.1 Å². The summed E-state index contributed by atoms with van der Waals surface area (Å²) in [7, 11) is -1.46. The molecule has 1 aromatic carbocycles. The van der Waals surface area contributed by atoms with Crippen LogP contribution in [0.25, 0.3) is 0 Å². The van der Waals surface area contributed by atoms with Crippen LogP contribution in [0.4, 0.5) is 4.39 Å². The highest BCUT2D eigenvalue weighted by atomic mass is 32.2. The van der Waals surface area contributed by atoms with Gasteiger partial charge in [-0.3, -0.25) is 4.79 Å². The van der Waals surface area contributed by atoms with Gasteiger partial charge >= 0.3 is 5.97 Å². The minimum absolute atomic E-state index is 0.251. The molecule has 0 amide bonds. The molecule has 0 heterocycles. The molecule has 0 bridgehead atoms. The lowest BCUT2D eigenvalue weighted by atomic mass is 10.0. The van der Waals surface area contributed by atoms with Gasteiger partial charge in [0.1, 0.15) is 5.82 Å². The van der Waals surface area contributed by atoms with Crippen LogP contribution in [-0.4, -0.2) is 20.0 Å². The average molecular weight is 299 g/mol.